The fourth-order valence-electron chi connectivity index (χ4n) is 0.491. The van der Waals surface area contributed by atoms with Gasteiger partial charge >= 0.3 is 5.97 Å². The molecular formula is C7H10Cl2O2. The predicted octanol–water partition coefficient (Wildman–Crippen LogP) is 2.46. The average molecular weight is 197 g/mol. The summed E-state index contributed by atoms with van der Waals surface area (Å²) < 4.78 is -1.37. The van der Waals surface area contributed by atoms with Gasteiger partial charge in [-0.05, 0) is 5.92 Å². The second kappa shape index (κ2) is 3.46. The molecule has 0 fully saturated rings. The molecule has 0 aliphatic rings. The molecule has 0 saturated heterocycles. The van der Waals surface area contributed by atoms with Crippen LogP contribution in [0.5, 0.6) is 0 Å². The van der Waals surface area contributed by atoms with Gasteiger partial charge < -0.3 is 5.11 Å². The summed E-state index contributed by atoms with van der Waals surface area (Å²) in [7, 11) is 0. The highest BCUT2D eigenvalue weighted by Crippen LogP contribution is 2.36. The second-order valence-corrected chi connectivity index (χ2v) is 3.95. The Bertz CT molecular complexity index is 185. The summed E-state index contributed by atoms with van der Waals surface area (Å²) in [6, 6.07) is 0. The first-order valence-corrected chi connectivity index (χ1v) is 3.86. The van der Waals surface area contributed by atoms with Gasteiger partial charge in [0.15, 0.2) is 4.33 Å². The molecule has 1 N–H and O–H groups in total. The van der Waals surface area contributed by atoms with Gasteiger partial charge in [-0.3, -0.25) is 0 Å². The summed E-state index contributed by atoms with van der Waals surface area (Å²) in [5.74, 6) is -1.34. The number of alkyl halides is 2. The summed E-state index contributed by atoms with van der Waals surface area (Å²) in [6.45, 7) is 6.74. The third kappa shape index (κ3) is 2.38. The molecule has 0 radical (unpaired) electrons. The van der Waals surface area contributed by atoms with Crippen LogP contribution in [0.15, 0.2) is 12.2 Å². The van der Waals surface area contributed by atoms with Gasteiger partial charge in [0.25, 0.3) is 0 Å². The molecule has 0 aliphatic carbocycles. The van der Waals surface area contributed by atoms with Crippen molar-refractivity contribution in [2.75, 3.05) is 0 Å². The van der Waals surface area contributed by atoms with Crippen molar-refractivity contribution in [3.05, 3.63) is 12.2 Å². The van der Waals surface area contributed by atoms with Crippen molar-refractivity contribution in [2.24, 2.45) is 5.92 Å². The Hall–Kier alpha value is -0.210. The number of halogens is 2. The average Bonchev–Trinajstić information content (AvgIpc) is 1.85. The van der Waals surface area contributed by atoms with Crippen molar-refractivity contribution in [1.82, 2.24) is 0 Å². The zero-order valence-corrected chi connectivity index (χ0v) is 7.91. The van der Waals surface area contributed by atoms with Gasteiger partial charge in [0.1, 0.15) is 0 Å². The van der Waals surface area contributed by atoms with E-state index in [0.717, 1.165) is 0 Å². The molecule has 0 spiro atoms. The van der Waals surface area contributed by atoms with Crippen LogP contribution in [-0.2, 0) is 4.79 Å². The van der Waals surface area contributed by atoms with Crippen LogP contribution in [0.4, 0.5) is 0 Å². The number of carboxylic acid groups (broad SMARTS) is 1. The molecule has 0 aliphatic heterocycles. The maximum absolute atomic E-state index is 10.4. The van der Waals surface area contributed by atoms with Gasteiger partial charge in [0, 0.05) is 0 Å². The van der Waals surface area contributed by atoms with Gasteiger partial charge in [-0.2, -0.15) is 0 Å². The van der Waals surface area contributed by atoms with E-state index in [0.29, 0.717) is 0 Å². The minimum atomic E-state index is -1.37. The first kappa shape index (κ1) is 10.8. The lowest BCUT2D eigenvalue weighted by molar-refractivity contribution is -0.132. The Balaban J connectivity index is 4.56. The van der Waals surface area contributed by atoms with Crippen molar-refractivity contribution in [3.8, 4) is 0 Å². The first-order chi connectivity index (χ1) is 4.80. The number of carboxylic acids is 1. The van der Waals surface area contributed by atoms with Crippen LogP contribution in [0.3, 0.4) is 0 Å². The van der Waals surface area contributed by atoms with E-state index in [1.54, 1.807) is 13.8 Å². The van der Waals surface area contributed by atoms with Crippen molar-refractivity contribution in [2.45, 2.75) is 18.2 Å². The number of rotatable bonds is 3. The largest absolute Gasteiger partial charge is 0.478 e. The molecule has 0 bridgehead atoms. The zero-order chi connectivity index (χ0) is 9.23. The second-order valence-electron chi connectivity index (χ2n) is 2.56. The molecule has 2 nitrogen and oxygen atoms in total. The summed E-state index contributed by atoms with van der Waals surface area (Å²) >= 11 is 11.4. The van der Waals surface area contributed by atoms with Crippen LogP contribution >= 0.6 is 23.2 Å². The Labute approximate surface area is 75.8 Å². The zero-order valence-electron chi connectivity index (χ0n) is 6.40. The molecule has 0 aromatic heterocycles. The Morgan fingerprint density at radius 1 is 1.55 bits per heavy atom. The molecule has 0 unspecified atom stereocenters. The monoisotopic (exact) mass is 196 g/mol. The summed E-state index contributed by atoms with van der Waals surface area (Å²) in [4.78, 5) is 10.4. The van der Waals surface area contributed by atoms with Crippen LogP contribution in [0.1, 0.15) is 13.8 Å². The highest BCUT2D eigenvalue weighted by atomic mass is 35.5. The van der Waals surface area contributed by atoms with Crippen LogP contribution in [-0.4, -0.2) is 15.4 Å². The summed E-state index contributed by atoms with van der Waals surface area (Å²) in [6.07, 6.45) is 0. The molecule has 0 rings (SSSR count). The fraction of sp³-hybridized carbons (Fsp3) is 0.571. The van der Waals surface area contributed by atoms with E-state index in [2.05, 4.69) is 6.58 Å². The van der Waals surface area contributed by atoms with E-state index in [-0.39, 0.29) is 11.5 Å². The van der Waals surface area contributed by atoms with Crippen molar-refractivity contribution < 1.29 is 9.90 Å². The number of carbonyl (C=O) groups is 1. The van der Waals surface area contributed by atoms with Gasteiger partial charge in [0.05, 0.1) is 5.57 Å². The van der Waals surface area contributed by atoms with Crippen LogP contribution < -0.4 is 0 Å². The highest BCUT2D eigenvalue weighted by Gasteiger charge is 2.35. The maximum Gasteiger partial charge on any atom is 0.334 e. The molecule has 64 valence electrons. The SMILES string of the molecule is C=C(C(=O)O)C(Cl)(Cl)C(C)C. The third-order valence-corrected chi connectivity index (χ3v) is 2.71. The molecule has 0 aromatic rings. The fourth-order valence-corrected chi connectivity index (χ4v) is 0.653. The minimum Gasteiger partial charge on any atom is -0.478 e. The Kier molecular flexibility index (Phi) is 3.39. The molecule has 4 heteroatoms. The van der Waals surface area contributed by atoms with E-state index in [4.69, 9.17) is 28.3 Å². The Morgan fingerprint density at radius 2 is 1.91 bits per heavy atom. The normalized spacial score (nSPS) is 11.7. The number of aliphatic carboxylic acids is 1. The van der Waals surface area contributed by atoms with Crippen molar-refractivity contribution in [1.29, 1.82) is 0 Å². The molecule has 0 amide bonds. The van der Waals surface area contributed by atoms with E-state index >= 15 is 0 Å². The quantitative estimate of drug-likeness (QED) is 0.557. The summed E-state index contributed by atoms with van der Waals surface area (Å²) in [5, 5.41) is 8.50. The molecule has 0 atom stereocenters. The number of hydrogen-bond donors (Lipinski definition) is 1. The van der Waals surface area contributed by atoms with Gasteiger partial charge in [0.2, 0.25) is 0 Å². The maximum atomic E-state index is 10.4. The van der Waals surface area contributed by atoms with Crippen LogP contribution in [0, 0.1) is 5.92 Å². The van der Waals surface area contributed by atoms with Gasteiger partial charge in [-0.25, -0.2) is 4.79 Å². The van der Waals surface area contributed by atoms with E-state index < -0.39 is 10.3 Å². The molecule has 11 heavy (non-hydrogen) atoms. The smallest absolute Gasteiger partial charge is 0.334 e. The van der Waals surface area contributed by atoms with Crippen LogP contribution in [0.25, 0.3) is 0 Å². The topological polar surface area (TPSA) is 37.3 Å². The standard InChI is InChI=1S/C7H10Cl2O2/c1-4(2)7(8,9)5(3)6(10)11/h4H,3H2,1-2H3,(H,10,11). The Morgan fingerprint density at radius 3 is 2.00 bits per heavy atom. The lowest BCUT2D eigenvalue weighted by atomic mass is 10.0. The highest BCUT2D eigenvalue weighted by molar-refractivity contribution is 6.52. The molecule has 0 heterocycles. The first-order valence-electron chi connectivity index (χ1n) is 3.10. The minimum absolute atomic E-state index is 0.172. The van der Waals surface area contributed by atoms with Crippen molar-refractivity contribution >= 4 is 29.2 Å². The van der Waals surface area contributed by atoms with E-state index in [1.165, 1.54) is 0 Å². The van der Waals surface area contributed by atoms with Gasteiger partial charge in [-0.15, -0.1) is 0 Å². The van der Waals surface area contributed by atoms with E-state index in [9.17, 15) is 4.79 Å². The molecular weight excluding hydrogens is 187 g/mol. The molecule has 0 aromatic carbocycles. The van der Waals surface area contributed by atoms with E-state index in [1.807, 2.05) is 0 Å². The predicted molar refractivity (Wildman–Crippen MR) is 46.1 cm³/mol. The van der Waals surface area contributed by atoms with Crippen LogP contribution in [0.2, 0.25) is 0 Å². The van der Waals surface area contributed by atoms with Crippen molar-refractivity contribution in [3.63, 3.8) is 0 Å². The summed E-state index contributed by atoms with van der Waals surface area (Å²) in [5.41, 5.74) is -0.184. The number of hydrogen-bond acceptors (Lipinski definition) is 1. The molecule has 0 saturated carbocycles. The lowest BCUT2D eigenvalue weighted by Gasteiger charge is -2.23. The third-order valence-electron chi connectivity index (χ3n) is 1.39. The lowest BCUT2D eigenvalue weighted by Crippen LogP contribution is -2.27. The van der Waals surface area contributed by atoms with Gasteiger partial charge in [-0.1, -0.05) is 43.6 Å².